The molecule has 1 saturated heterocycles. The van der Waals surface area contributed by atoms with Crippen LogP contribution in [0, 0.1) is 0 Å². The van der Waals surface area contributed by atoms with E-state index in [0.717, 1.165) is 38.2 Å². The Hall–Kier alpha value is -1.35. The van der Waals surface area contributed by atoms with Crippen molar-refractivity contribution in [3.8, 4) is 5.75 Å². The van der Waals surface area contributed by atoms with Gasteiger partial charge in [0.05, 0.1) is 6.61 Å². The predicted octanol–water partition coefficient (Wildman–Crippen LogP) is 3.43. The third-order valence-corrected chi connectivity index (χ3v) is 4.74. The minimum atomic E-state index is 0.349. The zero-order chi connectivity index (χ0) is 14.5. The van der Waals surface area contributed by atoms with Crippen molar-refractivity contribution in [1.29, 1.82) is 0 Å². The minimum Gasteiger partial charge on any atom is -0.493 e. The van der Waals surface area contributed by atoms with Crippen LogP contribution in [-0.2, 0) is 4.79 Å². The molecule has 2 aliphatic rings. The van der Waals surface area contributed by atoms with Gasteiger partial charge < -0.3 is 10.1 Å². The predicted molar refractivity (Wildman–Crippen MR) is 83.8 cm³/mol. The highest BCUT2D eigenvalue weighted by molar-refractivity contribution is 5.79. The van der Waals surface area contributed by atoms with Crippen LogP contribution in [0.2, 0.25) is 0 Å². The first kappa shape index (κ1) is 14.6. The zero-order valence-corrected chi connectivity index (χ0v) is 12.6. The monoisotopic (exact) mass is 287 g/mol. The van der Waals surface area contributed by atoms with Gasteiger partial charge in [0, 0.05) is 18.9 Å². The minimum absolute atomic E-state index is 0.349. The Morgan fingerprint density at radius 2 is 2.14 bits per heavy atom. The third kappa shape index (κ3) is 3.85. The molecule has 2 aliphatic heterocycles. The molecular weight excluding hydrogens is 262 g/mol. The van der Waals surface area contributed by atoms with Crippen LogP contribution in [0.3, 0.4) is 0 Å². The molecule has 0 aromatic heterocycles. The number of ether oxygens (including phenoxy) is 1. The average Bonchev–Trinajstić information content (AvgIpc) is 2.54. The summed E-state index contributed by atoms with van der Waals surface area (Å²) in [6, 6.07) is 8.71. The summed E-state index contributed by atoms with van der Waals surface area (Å²) in [4.78, 5) is 12.3. The molecule has 1 aromatic rings. The van der Waals surface area contributed by atoms with Gasteiger partial charge >= 0.3 is 0 Å². The molecule has 0 amide bonds. The SMILES string of the molecule is O=C(CCC1CCCCN1)CC1CCOc2ccccc21. The van der Waals surface area contributed by atoms with Crippen molar-refractivity contribution in [2.45, 2.75) is 56.9 Å². The number of carbonyl (C=O) groups is 1. The fraction of sp³-hybridized carbons (Fsp3) is 0.611. The van der Waals surface area contributed by atoms with E-state index < -0.39 is 0 Å². The Morgan fingerprint density at radius 3 is 3.00 bits per heavy atom. The number of ketones is 1. The van der Waals surface area contributed by atoms with Crippen molar-refractivity contribution in [2.75, 3.05) is 13.2 Å². The number of carbonyl (C=O) groups excluding carboxylic acids is 1. The van der Waals surface area contributed by atoms with Crippen LogP contribution < -0.4 is 10.1 Å². The molecule has 2 unspecified atom stereocenters. The molecule has 1 aromatic carbocycles. The van der Waals surface area contributed by atoms with Crippen LogP contribution in [-0.4, -0.2) is 25.0 Å². The number of piperidine rings is 1. The van der Waals surface area contributed by atoms with Gasteiger partial charge in [-0.05, 0) is 49.8 Å². The highest BCUT2D eigenvalue weighted by Crippen LogP contribution is 2.35. The summed E-state index contributed by atoms with van der Waals surface area (Å²) in [6.07, 6.45) is 7.17. The standard InChI is InChI=1S/C18H25NO2/c20-16(9-8-15-5-3-4-11-19-15)13-14-10-12-21-18-7-2-1-6-17(14)18/h1-2,6-7,14-15,19H,3-5,8-13H2. The molecule has 1 N–H and O–H groups in total. The second kappa shape index (κ2) is 7.08. The van der Waals surface area contributed by atoms with Crippen molar-refractivity contribution in [2.24, 2.45) is 0 Å². The highest BCUT2D eigenvalue weighted by Gasteiger charge is 2.23. The van der Waals surface area contributed by atoms with E-state index >= 15 is 0 Å². The van der Waals surface area contributed by atoms with Crippen molar-refractivity contribution in [1.82, 2.24) is 5.32 Å². The number of benzene rings is 1. The molecule has 3 rings (SSSR count). The fourth-order valence-electron chi connectivity index (χ4n) is 3.51. The molecule has 21 heavy (non-hydrogen) atoms. The van der Waals surface area contributed by atoms with E-state index in [-0.39, 0.29) is 0 Å². The van der Waals surface area contributed by atoms with Gasteiger partial charge in [-0.1, -0.05) is 24.6 Å². The fourth-order valence-corrected chi connectivity index (χ4v) is 3.51. The summed E-state index contributed by atoms with van der Waals surface area (Å²) in [5, 5.41) is 3.52. The Morgan fingerprint density at radius 1 is 1.24 bits per heavy atom. The number of fused-ring (bicyclic) bond motifs is 1. The van der Waals surface area contributed by atoms with Crippen molar-refractivity contribution < 1.29 is 9.53 Å². The molecule has 0 radical (unpaired) electrons. The second-order valence-corrected chi connectivity index (χ2v) is 6.30. The average molecular weight is 287 g/mol. The third-order valence-electron chi connectivity index (χ3n) is 4.74. The first-order valence-electron chi connectivity index (χ1n) is 8.30. The number of hydrogen-bond acceptors (Lipinski definition) is 3. The Kier molecular flexibility index (Phi) is 4.91. The van der Waals surface area contributed by atoms with E-state index in [0.29, 0.717) is 24.2 Å². The van der Waals surface area contributed by atoms with Crippen LogP contribution in [0.15, 0.2) is 24.3 Å². The lowest BCUT2D eigenvalue weighted by Gasteiger charge is -2.26. The number of Topliss-reactive ketones (excluding diaryl/α,β-unsaturated/α-hetero) is 1. The van der Waals surface area contributed by atoms with Crippen molar-refractivity contribution >= 4 is 5.78 Å². The molecule has 2 atom stereocenters. The molecule has 0 aliphatic carbocycles. The van der Waals surface area contributed by atoms with Gasteiger partial charge in [-0.25, -0.2) is 0 Å². The van der Waals surface area contributed by atoms with E-state index in [1.807, 2.05) is 18.2 Å². The summed E-state index contributed by atoms with van der Waals surface area (Å²) in [7, 11) is 0. The maximum atomic E-state index is 12.3. The maximum absolute atomic E-state index is 12.3. The van der Waals surface area contributed by atoms with E-state index in [4.69, 9.17) is 4.74 Å². The van der Waals surface area contributed by atoms with Gasteiger partial charge in [0.2, 0.25) is 0 Å². The number of para-hydroxylation sites is 1. The lowest BCUT2D eigenvalue weighted by Crippen LogP contribution is -2.34. The molecule has 0 bridgehead atoms. The Balaban J connectivity index is 1.51. The molecule has 2 heterocycles. The molecule has 1 fully saturated rings. The lowest BCUT2D eigenvalue weighted by molar-refractivity contribution is -0.119. The summed E-state index contributed by atoms with van der Waals surface area (Å²) in [5.74, 6) is 1.72. The first-order chi connectivity index (χ1) is 10.3. The summed E-state index contributed by atoms with van der Waals surface area (Å²) in [6.45, 7) is 1.85. The van der Waals surface area contributed by atoms with Crippen LogP contribution in [0.25, 0.3) is 0 Å². The maximum Gasteiger partial charge on any atom is 0.133 e. The van der Waals surface area contributed by atoms with E-state index in [1.54, 1.807) is 0 Å². The van der Waals surface area contributed by atoms with Crippen LogP contribution >= 0.6 is 0 Å². The quantitative estimate of drug-likeness (QED) is 0.901. The van der Waals surface area contributed by atoms with Gasteiger partial charge in [-0.15, -0.1) is 0 Å². The molecule has 114 valence electrons. The summed E-state index contributed by atoms with van der Waals surface area (Å²) >= 11 is 0. The zero-order valence-electron chi connectivity index (χ0n) is 12.6. The van der Waals surface area contributed by atoms with Crippen molar-refractivity contribution in [3.05, 3.63) is 29.8 Å². The first-order valence-corrected chi connectivity index (χ1v) is 8.30. The van der Waals surface area contributed by atoms with E-state index in [2.05, 4.69) is 11.4 Å². The molecular formula is C18H25NO2. The smallest absolute Gasteiger partial charge is 0.133 e. The second-order valence-electron chi connectivity index (χ2n) is 6.30. The van der Waals surface area contributed by atoms with E-state index in [1.165, 1.54) is 24.8 Å². The largest absolute Gasteiger partial charge is 0.493 e. The van der Waals surface area contributed by atoms with Gasteiger partial charge in [-0.2, -0.15) is 0 Å². The molecule has 3 nitrogen and oxygen atoms in total. The summed E-state index contributed by atoms with van der Waals surface area (Å²) in [5.41, 5.74) is 1.22. The van der Waals surface area contributed by atoms with Gasteiger partial charge in [-0.3, -0.25) is 4.79 Å². The van der Waals surface area contributed by atoms with Gasteiger partial charge in [0.1, 0.15) is 11.5 Å². The number of nitrogens with one attached hydrogen (secondary N) is 1. The van der Waals surface area contributed by atoms with Crippen LogP contribution in [0.1, 0.15) is 56.4 Å². The Labute approximate surface area is 127 Å². The molecule has 3 heteroatoms. The Bertz CT molecular complexity index is 480. The highest BCUT2D eigenvalue weighted by atomic mass is 16.5. The molecule has 0 saturated carbocycles. The van der Waals surface area contributed by atoms with Crippen molar-refractivity contribution in [3.63, 3.8) is 0 Å². The van der Waals surface area contributed by atoms with Gasteiger partial charge in [0.25, 0.3) is 0 Å². The van der Waals surface area contributed by atoms with E-state index in [9.17, 15) is 4.79 Å². The van der Waals surface area contributed by atoms with Crippen LogP contribution in [0.5, 0.6) is 5.75 Å². The normalized spacial score (nSPS) is 25.0. The number of rotatable bonds is 5. The molecule has 0 spiro atoms. The number of hydrogen-bond donors (Lipinski definition) is 1. The topological polar surface area (TPSA) is 38.3 Å². The lowest BCUT2D eigenvalue weighted by atomic mass is 9.87. The van der Waals surface area contributed by atoms with Gasteiger partial charge in [0.15, 0.2) is 0 Å². The van der Waals surface area contributed by atoms with Crippen LogP contribution in [0.4, 0.5) is 0 Å². The summed E-state index contributed by atoms with van der Waals surface area (Å²) < 4.78 is 5.67.